The van der Waals surface area contributed by atoms with Gasteiger partial charge in [0.1, 0.15) is 18.1 Å². The van der Waals surface area contributed by atoms with Crippen LogP contribution in [-0.2, 0) is 36.4 Å². The third kappa shape index (κ3) is 8.93. The zero-order chi connectivity index (χ0) is 45.5. The van der Waals surface area contributed by atoms with Gasteiger partial charge in [-0.25, -0.2) is 13.4 Å². The zero-order valence-corrected chi connectivity index (χ0v) is 38.3. The summed E-state index contributed by atoms with van der Waals surface area (Å²) in [7, 11) is -0.377. The number of rotatable bonds is 12. The Labute approximate surface area is 381 Å². The minimum Gasteiger partial charge on any atom is -0.393 e. The van der Waals surface area contributed by atoms with E-state index in [-0.39, 0.29) is 42.7 Å². The average Bonchev–Trinajstić information content (AvgIpc) is 4.02. The summed E-state index contributed by atoms with van der Waals surface area (Å²) in [4.78, 5) is 69.3. The van der Waals surface area contributed by atoms with Gasteiger partial charge in [-0.15, -0.1) is 0 Å². The number of fused-ring (bicyclic) bond motifs is 3. The number of hydrogen-bond donors (Lipinski definition) is 3. The van der Waals surface area contributed by atoms with Crippen molar-refractivity contribution < 1.29 is 32.7 Å². The van der Waals surface area contributed by atoms with Crippen molar-refractivity contribution in [2.75, 3.05) is 86.5 Å². The highest BCUT2D eigenvalue weighted by Crippen LogP contribution is 2.56. The second-order valence-electron chi connectivity index (χ2n) is 18.7. The Morgan fingerprint density at radius 1 is 0.938 bits per heavy atom. The number of piperazine rings is 1. The van der Waals surface area contributed by atoms with Crippen LogP contribution >= 0.6 is 0 Å². The molecule has 1 unspecified atom stereocenters. The molecule has 1 aromatic heterocycles. The number of aldehydes is 1. The summed E-state index contributed by atoms with van der Waals surface area (Å²) in [6, 6.07) is 12.9. The second kappa shape index (κ2) is 18.6. The van der Waals surface area contributed by atoms with Gasteiger partial charge in [0, 0.05) is 120 Å². The molecule has 2 saturated carbocycles. The van der Waals surface area contributed by atoms with E-state index in [1.54, 1.807) is 46.5 Å². The minimum atomic E-state index is -3.68. The van der Waals surface area contributed by atoms with E-state index in [0.717, 1.165) is 93.7 Å². The van der Waals surface area contributed by atoms with E-state index in [9.17, 15) is 27.6 Å². The van der Waals surface area contributed by atoms with E-state index in [1.807, 2.05) is 24.3 Å². The summed E-state index contributed by atoms with van der Waals surface area (Å²) in [5.74, 6) is 0.774. The fourth-order valence-electron chi connectivity index (χ4n) is 10.5. The number of hydrogen-bond acceptors (Lipinski definition) is 13. The van der Waals surface area contributed by atoms with Crippen LogP contribution in [0, 0.1) is 0 Å². The summed E-state index contributed by atoms with van der Waals surface area (Å²) < 4.78 is 29.2. The van der Waals surface area contributed by atoms with E-state index < -0.39 is 21.5 Å². The molecule has 7 aliphatic rings. The smallest absolute Gasteiger partial charge is 0.255 e. The van der Waals surface area contributed by atoms with E-state index in [0.29, 0.717) is 60.7 Å². The van der Waals surface area contributed by atoms with Crippen molar-refractivity contribution in [3.63, 3.8) is 0 Å². The second-order valence-corrected chi connectivity index (χ2v) is 20.7. The Morgan fingerprint density at radius 3 is 2.32 bits per heavy atom. The molecular weight excluding hydrogens is 849 g/mol. The first-order valence-electron chi connectivity index (χ1n) is 23.4. The predicted molar refractivity (Wildman–Crippen MR) is 247 cm³/mol. The first kappa shape index (κ1) is 45.0. The van der Waals surface area contributed by atoms with Gasteiger partial charge in [-0.1, -0.05) is 25.3 Å². The fourth-order valence-corrected chi connectivity index (χ4v) is 12.0. The number of amides is 3. The van der Waals surface area contributed by atoms with Crippen molar-refractivity contribution in [1.29, 1.82) is 0 Å². The third-order valence-corrected chi connectivity index (χ3v) is 16.6. The van der Waals surface area contributed by atoms with Crippen LogP contribution in [0.1, 0.15) is 92.1 Å². The van der Waals surface area contributed by atoms with Crippen molar-refractivity contribution in [2.45, 2.75) is 112 Å². The topological polar surface area (TPSA) is 192 Å². The minimum absolute atomic E-state index is 0.0213. The Balaban J connectivity index is 0.000000697. The molecule has 65 heavy (non-hydrogen) atoms. The van der Waals surface area contributed by atoms with E-state index in [4.69, 9.17) is 5.11 Å². The summed E-state index contributed by atoms with van der Waals surface area (Å²) >= 11 is 0. The quantitative estimate of drug-likeness (QED) is 0.225. The van der Waals surface area contributed by atoms with E-state index in [1.165, 1.54) is 19.3 Å². The highest BCUT2D eigenvalue weighted by molar-refractivity contribution is 7.89. The maximum atomic E-state index is 13.8. The zero-order valence-electron chi connectivity index (χ0n) is 37.5. The Hall–Kier alpha value is -5.17. The monoisotopic (exact) mass is 910 g/mol. The van der Waals surface area contributed by atoms with Gasteiger partial charge in [-0.2, -0.15) is 9.29 Å². The van der Waals surface area contributed by atoms with Crippen molar-refractivity contribution in [3.8, 4) is 0 Å². The number of carbonyl (C=O) groups is 4. The lowest BCUT2D eigenvalue weighted by molar-refractivity contribution is -0.125. The molecule has 3 N–H and O–H groups in total. The average molecular weight is 911 g/mol. The maximum absolute atomic E-state index is 13.8. The van der Waals surface area contributed by atoms with Crippen molar-refractivity contribution in [1.82, 2.24) is 29.4 Å². The first-order valence-corrected chi connectivity index (χ1v) is 24.9. The number of nitrogens with one attached hydrogen (secondary N) is 2. The molecule has 0 bridgehead atoms. The van der Waals surface area contributed by atoms with E-state index in [2.05, 4.69) is 41.4 Å². The lowest BCUT2D eigenvalue weighted by atomic mass is 9.98. The van der Waals surface area contributed by atoms with Crippen LogP contribution in [0.5, 0.6) is 0 Å². The molecular formula is C47H62N10O7S. The molecule has 5 aliphatic heterocycles. The van der Waals surface area contributed by atoms with Crippen LogP contribution in [0.25, 0.3) is 0 Å². The molecule has 348 valence electrons. The SMILES string of the molecule is CNC(=O)C(CCC=O)N1Cc2cc(N3CCN(C4CN(c5cccc(S(=O)(=O)N6CCC(Nc7ncc8c(n7)N(C)C(=O)C87CC7)CC6)c5)C4)CC3)ccc2C1=O.OC1CCCCC1. The summed E-state index contributed by atoms with van der Waals surface area (Å²) in [5.41, 5.74) is 3.95. The Kier molecular flexibility index (Phi) is 12.9. The molecule has 1 spiro atoms. The molecule has 1 atom stereocenters. The summed E-state index contributed by atoms with van der Waals surface area (Å²) in [5, 5.41) is 14.9. The van der Waals surface area contributed by atoms with Crippen LogP contribution < -0.4 is 25.3 Å². The van der Waals surface area contributed by atoms with E-state index >= 15 is 0 Å². The molecule has 3 amide bonds. The van der Waals surface area contributed by atoms with Crippen molar-refractivity contribution >= 4 is 57.2 Å². The number of aliphatic hydroxyl groups excluding tert-OH is 1. The van der Waals surface area contributed by atoms with Gasteiger partial charge in [-0.3, -0.25) is 24.2 Å². The van der Waals surface area contributed by atoms with Crippen LogP contribution in [0.4, 0.5) is 23.1 Å². The number of aliphatic hydroxyl groups is 1. The Morgan fingerprint density at radius 2 is 1.66 bits per heavy atom. The molecule has 18 heteroatoms. The van der Waals surface area contributed by atoms with Crippen molar-refractivity contribution in [3.05, 3.63) is 65.4 Å². The van der Waals surface area contributed by atoms with Gasteiger partial charge < -0.3 is 35.2 Å². The summed E-state index contributed by atoms with van der Waals surface area (Å²) in [6.45, 7) is 6.21. The molecule has 10 rings (SSSR count). The predicted octanol–water partition coefficient (Wildman–Crippen LogP) is 3.12. The lowest BCUT2D eigenvalue weighted by Crippen LogP contribution is -2.63. The molecule has 5 fully saturated rings. The highest BCUT2D eigenvalue weighted by atomic mass is 32.2. The molecule has 0 radical (unpaired) electrons. The van der Waals surface area contributed by atoms with Crippen LogP contribution in [0.15, 0.2) is 53.6 Å². The number of carbonyl (C=O) groups excluding carboxylic acids is 4. The number of benzene rings is 2. The lowest BCUT2D eigenvalue weighted by Gasteiger charge is -2.49. The molecule has 3 aromatic rings. The number of sulfonamides is 1. The van der Waals surface area contributed by atoms with Gasteiger partial charge in [0.25, 0.3) is 5.91 Å². The number of anilines is 4. The fraction of sp³-hybridized carbons (Fsp3) is 0.574. The molecule has 3 saturated heterocycles. The molecule has 2 aromatic carbocycles. The first-order chi connectivity index (χ1) is 31.4. The number of piperidine rings is 1. The van der Waals surface area contributed by atoms with Crippen LogP contribution in [-0.4, -0.2) is 152 Å². The van der Waals surface area contributed by atoms with Gasteiger partial charge >= 0.3 is 0 Å². The van der Waals surface area contributed by atoms with Crippen LogP contribution in [0.2, 0.25) is 0 Å². The summed E-state index contributed by atoms with van der Waals surface area (Å²) in [6.07, 6.45) is 11.9. The van der Waals surface area contributed by atoms with Gasteiger partial charge in [0.2, 0.25) is 27.8 Å². The van der Waals surface area contributed by atoms with Crippen LogP contribution in [0.3, 0.4) is 0 Å². The van der Waals surface area contributed by atoms with Gasteiger partial charge in [0.05, 0.1) is 16.4 Å². The highest BCUT2D eigenvalue weighted by Gasteiger charge is 2.59. The number of aromatic nitrogens is 2. The van der Waals surface area contributed by atoms with Crippen molar-refractivity contribution in [2.24, 2.45) is 0 Å². The Bertz CT molecular complexity index is 2390. The largest absolute Gasteiger partial charge is 0.393 e. The molecule has 2 aliphatic carbocycles. The number of likely N-dealkylation sites (N-methyl/N-ethyl adjacent to an activating group) is 2. The normalized spacial score (nSPS) is 22.0. The maximum Gasteiger partial charge on any atom is 0.255 e. The van der Waals surface area contributed by atoms with Gasteiger partial charge in [-0.05, 0) is 86.9 Å². The van der Waals surface area contributed by atoms with Gasteiger partial charge in [0.15, 0.2) is 0 Å². The number of nitrogens with zero attached hydrogens (tertiary/aromatic N) is 8. The third-order valence-electron chi connectivity index (χ3n) is 14.7. The molecule has 17 nitrogen and oxygen atoms in total. The molecule has 6 heterocycles. The standard InChI is InChI=1S/C41H50N10O6S.C6H12O/c1-42-37(53)35(7-4-20-52)51-24-27-21-30(8-9-33(27)38(51)54)47-16-18-48(19-17-47)31-25-49(26-31)29-5-3-6-32(22-29)58(56,57)50-14-10-28(11-15-50)44-40-43-23-34-36(45-40)46(2)39(55)41(34)12-13-41;7-6-4-2-1-3-5-6/h3,5-6,8-9,20-23,28,31,35H,4,7,10-19,24-26H2,1-2H3,(H,42,53)(H,43,44,45);6-7H,1-5H2.